The zero-order valence-electron chi connectivity index (χ0n) is 12.0. The first-order valence-electron chi connectivity index (χ1n) is 6.08. The highest BCUT2D eigenvalue weighted by Crippen LogP contribution is 2.40. The van der Waals surface area contributed by atoms with Gasteiger partial charge >= 0.3 is 32.2 Å². The lowest BCUT2D eigenvalue weighted by Crippen LogP contribution is -2.50. The van der Waals surface area contributed by atoms with Gasteiger partial charge in [0.2, 0.25) is 0 Å². The topological polar surface area (TPSA) is 44.8 Å². The number of alkyl halides is 9. The molecule has 0 N–H and O–H groups in total. The second-order valence-electron chi connectivity index (χ2n) is 4.39. The van der Waals surface area contributed by atoms with E-state index in [1.807, 2.05) is 0 Å². The van der Waals surface area contributed by atoms with Gasteiger partial charge in [-0.25, -0.2) is 0 Å². The molecule has 0 heterocycles. The maximum atomic E-state index is 13.1. The van der Waals surface area contributed by atoms with Crippen molar-refractivity contribution in [1.82, 2.24) is 0 Å². The average Bonchev–Trinajstić information content (AvgIpc) is 2.39. The molecule has 24 heavy (non-hydrogen) atoms. The summed E-state index contributed by atoms with van der Waals surface area (Å²) in [7, 11) is -1.94. The third kappa shape index (κ3) is 7.49. The first-order valence-corrected chi connectivity index (χ1v) is 7.70. The van der Waals surface area contributed by atoms with Crippen LogP contribution in [0.4, 0.5) is 39.5 Å². The van der Waals surface area contributed by atoms with Gasteiger partial charge in [-0.05, 0) is 11.0 Å². The lowest BCUT2D eigenvalue weighted by molar-refractivity contribution is -0.385. The van der Waals surface area contributed by atoms with Crippen molar-refractivity contribution in [3.8, 4) is 0 Å². The van der Waals surface area contributed by atoms with Crippen molar-refractivity contribution in [2.75, 3.05) is 33.1 Å². The molecule has 0 spiro atoms. The Kier molecular flexibility index (Phi) is 8.40. The second-order valence-corrected chi connectivity index (χ2v) is 5.53. The fourth-order valence-electron chi connectivity index (χ4n) is 1.01. The first-order chi connectivity index (χ1) is 10.6. The van der Waals surface area contributed by atoms with Gasteiger partial charge in [-0.1, -0.05) is 0 Å². The van der Waals surface area contributed by atoms with Crippen molar-refractivity contribution in [2.24, 2.45) is 0 Å². The number of hydrogen-bond donors (Lipinski definition) is 0. The summed E-state index contributed by atoms with van der Waals surface area (Å²) in [5.74, 6) is -10.9. The molecule has 1 unspecified atom stereocenters. The van der Waals surface area contributed by atoms with Crippen molar-refractivity contribution in [3.05, 3.63) is 0 Å². The molecular weight excluding hydrogens is 386 g/mol. The van der Waals surface area contributed by atoms with Gasteiger partial charge in [0.15, 0.2) is 6.66 Å². The quantitative estimate of drug-likeness (QED) is 0.297. The lowest BCUT2D eigenvalue weighted by atomic mass is 10.3. The first kappa shape index (κ1) is 23.4. The summed E-state index contributed by atoms with van der Waals surface area (Å²) in [4.78, 5) is 0. The molecule has 0 saturated heterocycles. The minimum absolute atomic E-state index is 0.0937. The predicted molar refractivity (Wildman–Crippen MR) is 61.8 cm³/mol. The van der Waals surface area contributed by atoms with Gasteiger partial charge in [0.05, 0.1) is 0 Å². The van der Waals surface area contributed by atoms with Crippen LogP contribution in [0.1, 0.15) is 6.42 Å². The zero-order chi connectivity index (χ0) is 19.2. The third-order valence-electron chi connectivity index (χ3n) is 2.26. The SMILES string of the molecule is C[P+](=O)OCCCOCC(F)(F)C(F)(F)OCC(F)(F)C(F)(F)F. The van der Waals surface area contributed by atoms with Crippen LogP contribution in [0.15, 0.2) is 0 Å². The Morgan fingerprint density at radius 1 is 0.833 bits per heavy atom. The average molecular weight is 399 g/mol. The number of halogens is 9. The molecule has 0 aromatic carbocycles. The summed E-state index contributed by atoms with van der Waals surface area (Å²) in [6, 6.07) is 0. The van der Waals surface area contributed by atoms with Crippen LogP contribution >= 0.6 is 8.03 Å². The maximum Gasteiger partial charge on any atom is 0.504 e. The molecule has 1 atom stereocenters. The normalized spacial score (nSPS) is 14.8. The summed E-state index contributed by atoms with van der Waals surface area (Å²) in [6.45, 7) is -4.47. The molecule has 0 radical (unpaired) electrons. The minimum Gasteiger partial charge on any atom is -0.375 e. The summed E-state index contributed by atoms with van der Waals surface area (Å²) in [5.41, 5.74) is 0. The zero-order valence-corrected chi connectivity index (χ0v) is 12.9. The Labute approximate surface area is 131 Å². The lowest BCUT2D eigenvalue weighted by Gasteiger charge is -2.28. The molecule has 0 aliphatic heterocycles. The van der Waals surface area contributed by atoms with Crippen molar-refractivity contribution < 1.29 is 58.1 Å². The van der Waals surface area contributed by atoms with Crippen molar-refractivity contribution in [2.45, 2.75) is 30.6 Å². The number of ether oxygens (including phenoxy) is 2. The Bertz CT molecular complexity index is 414. The number of rotatable bonds is 11. The van der Waals surface area contributed by atoms with Crippen LogP contribution in [-0.2, 0) is 18.6 Å². The van der Waals surface area contributed by atoms with Gasteiger partial charge < -0.3 is 9.47 Å². The van der Waals surface area contributed by atoms with Crippen LogP contribution in [-0.4, -0.2) is 57.2 Å². The molecule has 0 aromatic heterocycles. The van der Waals surface area contributed by atoms with Crippen LogP contribution in [0.25, 0.3) is 0 Å². The van der Waals surface area contributed by atoms with Crippen LogP contribution in [0.2, 0.25) is 0 Å². The van der Waals surface area contributed by atoms with Gasteiger partial charge in [-0.2, -0.15) is 39.5 Å². The molecule has 0 rings (SSSR count). The van der Waals surface area contributed by atoms with Crippen LogP contribution in [0.3, 0.4) is 0 Å². The van der Waals surface area contributed by atoms with Crippen LogP contribution in [0, 0.1) is 0 Å². The summed E-state index contributed by atoms with van der Waals surface area (Å²) in [6.07, 6.45) is -11.9. The highest BCUT2D eigenvalue weighted by Gasteiger charge is 2.63. The Morgan fingerprint density at radius 2 is 1.38 bits per heavy atom. The molecule has 0 aliphatic carbocycles. The molecule has 4 nitrogen and oxygen atoms in total. The van der Waals surface area contributed by atoms with Gasteiger partial charge in [-0.3, -0.25) is 0 Å². The van der Waals surface area contributed by atoms with Gasteiger partial charge in [0.25, 0.3) is 0 Å². The van der Waals surface area contributed by atoms with E-state index in [4.69, 9.17) is 0 Å². The summed E-state index contributed by atoms with van der Waals surface area (Å²) < 4.78 is 134. The van der Waals surface area contributed by atoms with E-state index in [1.165, 1.54) is 6.66 Å². The maximum absolute atomic E-state index is 13.1. The van der Waals surface area contributed by atoms with Crippen LogP contribution in [0.5, 0.6) is 0 Å². The molecule has 14 heteroatoms. The van der Waals surface area contributed by atoms with Crippen LogP contribution < -0.4 is 0 Å². The molecule has 0 aliphatic rings. The molecule has 144 valence electrons. The minimum atomic E-state index is -6.23. The third-order valence-corrected chi connectivity index (χ3v) is 2.81. The Morgan fingerprint density at radius 3 is 1.83 bits per heavy atom. The van der Waals surface area contributed by atoms with E-state index in [0.717, 1.165) is 0 Å². The highest BCUT2D eigenvalue weighted by molar-refractivity contribution is 7.38. The molecule has 0 amide bonds. The Hall–Kier alpha value is -0.650. The van der Waals surface area contributed by atoms with Crippen molar-refractivity contribution in [3.63, 3.8) is 0 Å². The Balaban J connectivity index is 4.41. The molecular formula is C10H13F9O4P+. The van der Waals surface area contributed by atoms with Crippen molar-refractivity contribution in [1.29, 1.82) is 0 Å². The standard InChI is InChI=1S/C10H13F9O4P/c1-24(20)23-4-2-3-21-5-8(13,14)10(18,19)22-6-7(11,12)9(15,16)17/h2-6H2,1H3/q+1. The molecule has 0 aromatic rings. The molecule has 0 bridgehead atoms. The summed E-state index contributed by atoms with van der Waals surface area (Å²) >= 11 is 0. The fraction of sp³-hybridized carbons (Fsp3) is 1.00. The van der Waals surface area contributed by atoms with Gasteiger partial charge in [0, 0.05) is 6.61 Å². The van der Waals surface area contributed by atoms with E-state index < -0.39 is 52.0 Å². The van der Waals surface area contributed by atoms with Crippen molar-refractivity contribution >= 4 is 8.03 Å². The second kappa shape index (κ2) is 8.63. The smallest absolute Gasteiger partial charge is 0.375 e. The van der Waals surface area contributed by atoms with E-state index in [1.54, 1.807) is 0 Å². The molecule has 0 saturated carbocycles. The fourth-order valence-corrected chi connectivity index (χ4v) is 1.39. The highest BCUT2D eigenvalue weighted by atomic mass is 31.1. The summed E-state index contributed by atoms with van der Waals surface area (Å²) in [5, 5.41) is 0. The van der Waals surface area contributed by atoms with Gasteiger partial charge in [-0.15, -0.1) is 4.52 Å². The number of hydrogen-bond acceptors (Lipinski definition) is 4. The predicted octanol–water partition coefficient (Wildman–Crippen LogP) is 4.22. The van der Waals surface area contributed by atoms with E-state index in [0.29, 0.717) is 0 Å². The van der Waals surface area contributed by atoms with Gasteiger partial charge in [0.1, 0.15) is 19.8 Å². The monoisotopic (exact) mass is 399 g/mol. The van der Waals surface area contributed by atoms with E-state index in [-0.39, 0.29) is 13.0 Å². The van der Waals surface area contributed by atoms with E-state index in [9.17, 15) is 44.1 Å². The van der Waals surface area contributed by atoms with E-state index in [2.05, 4.69) is 14.0 Å². The largest absolute Gasteiger partial charge is 0.504 e. The molecule has 0 fully saturated rings. The van der Waals surface area contributed by atoms with E-state index >= 15 is 0 Å².